The first-order chi connectivity index (χ1) is 13.0. The summed E-state index contributed by atoms with van der Waals surface area (Å²) < 4.78 is 17.6. The van der Waals surface area contributed by atoms with Crippen LogP contribution in [0.2, 0.25) is 0 Å². The van der Waals surface area contributed by atoms with Gasteiger partial charge in [-0.15, -0.1) is 0 Å². The van der Waals surface area contributed by atoms with Crippen LogP contribution in [0.3, 0.4) is 0 Å². The Kier molecular flexibility index (Phi) is 6.12. The van der Waals surface area contributed by atoms with Crippen molar-refractivity contribution in [1.82, 2.24) is 9.78 Å². The van der Waals surface area contributed by atoms with Crippen molar-refractivity contribution < 1.29 is 23.8 Å². The zero-order chi connectivity index (χ0) is 19.4. The highest BCUT2D eigenvalue weighted by molar-refractivity contribution is 9.10. The number of hydrogen-bond donors (Lipinski definition) is 1. The number of carbonyl (C=O) groups is 2. The maximum atomic E-state index is 11.9. The van der Waals surface area contributed by atoms with E-state index in [2.05, 4.69) is 31.1 Å². The Bertz CT molecular complexity index is 886. The van der Waals surface area contributed by atoms with Crippen molar-refractivity contribution in [2.24, 2.45) is 0 Å². The molecule has 8 nitrogen and oxygen atoms in total. The number of halogens is 1. The number of aromatic nitrogens is 2. The van der Waals surface area contributed by atoms with E-state index in [1.165, 1.54) is 14.2 Å². The second-order valence-corrected chi connectivity index (χ2v) is 6.74. The predicted molar refractivity (Wildman–Crippen MR) is 102 cm³/mol. The van der Waals surface area contributed by atoms with Gasteiger partial charge in [-0.2, -0.15) is 5.10 Å². The van der Waals surface area contributed by atoms with Crippen molar-refractivity contribution in [1.29, 1.82) is 0 Å². The Morgan fingerprint density at radius 2 is 2.15 bits per heavy atom. The van der Waals surface area contributed by atoms with E-state index in [9.17, 15) is 9.59 Å². The standard InChI is InChI=1S/C18H20BrN3O5/c1-25-16(23)10-13(18(24)26-2)20-11-6-7-14-12(9-11)17(19)21-22(14)15-5-3-4-8-27-15/h6-7,9-10,15,20H,3-5,8H2,1-2H3/b13-10+. The number of benzene rings is 1. The Morgan fingerprint density at radius 1 is 1.33 bits per heavy atom. The molecule has 1 unspecified atom stereocenters. The van der Waals surface area contributed by atoms with Gasteiger partial charge in [0.15, 0.2) is 6.23 Å². The molecular formula is C18H20BrN3O5. The SMILES string of the molecule is COC(=O)/C=C(/Nc1ccc2c(c1)c(Br)nn2C1CCCCO1)C(=O)OC. The number of carbonyl (C=O) groups excluding carboxylic acids is 2. The number of anilines is 1. The summed E-state index contributed by atoms with van der Waals surface area (Å²) in [6.07, 6.45) is 4.04. The summed E-state index contributed by atoms with van der Waals surface area (Å²) in [5.74, 6) is -1.33. The van der Waals surface area contributed by atoms with Gasteiger partial charge in [0.25, 0.3) is 0 Å². The highest BCUT2D eigenvalue weighted by Gasteiger charge is 2.21. The van der Waals surface area contributed by atoms with E-state index in [-0.39, 0.29) is 11.9 Å². The number of esters is 2. The number of methoxy groups -OCH3 is 2. The molecular weight excluding hydrogens is 418 g/mol. The van der Waals surface area contributed by atoms with Gasteiger partial charge < -0.3 is 19.5 Å². The quantitative estimate of drug-likeness (QED) is 0.567. The molecule has 1 atom stereocenters. The van der Waals surface area contributed by atoms with Crippen LogP contribution in [-0.2, 0) is 23.8 Å². The molecule has 1 N–H and O–H groups in total. The first-order valence-corrected chi connectivity index (χ1v) is 9.27. The summed E-state index contributed by atoms with van der Waals surface area (Å²) in [4.78, 5) is 23.4. The van der Waals surface area contributed by atoms with Crippen LogP contribution >= 0.6 is 15.9 Å². The average molecular weight is 438 g/mol. The van der Waals surface area contributed by atoms with Gasteiger partial charge >= 0.3 is 11.9 Å². The average Bonchev–Trinajstić information content (AvgIpc) is 3.03. The van der Waals surface area contributed by atoms with E-state index in [1.54, 1.807) is 6.07 Å². The molecule has 0 aliphatic carbocycles. The minimum atomic E-state index is -0.675. The lowest BCUT2D eigenvalue weighted by Crippen LogP contribution is -2.19. The first-order valence-electron chi connectivity index (χ1n) is 8.48. The Morgan fingerprint density at radius 3 is 2.81 bits per heavy atom. The molecule has 2 heterocycles. The highest BCUT2D eigenvalue weighted by Crippen LogP contribution is 2.32. The molecule has 27 heavy (non-hydrogen) atoms. The van der Waals surface area contributed by atoms with Crippen molar-refractivity contribution in [3.63, 3.8) is 0 Å². The first kappa shape index (κ1) is 19.4. The zero-order valence-electron chi connectivity index (χ0n) is 15.0. The molecule has 1 aliphatic rings. The van der Waals surface area contributed by atoms with E-state index >= 15 is 0 Å². The highest BCUT2D eigenvalue weighted by atomic mass is 79.9. The summed E-state index contributed by atoms with van der Waals surface area (Å²) in [6.45, 7) is 0.726. The molecule has 1 aliphatic heterocycles. The third-order valence-electron chi connectivity index (χ3n) is 4.24. The molecule has 9 heteroatoms. The lowest BCUT2D eigenvalue weighted by atomic mass is 10.2. The van der Waals surface area contributed by atoms with Crippen LogP contribution in [-0.4, -0.2) is 42.5 Å². The van der Waals surface area contributed by atoms with Crippen LogP contribution in [0.25, 0.3) is 10.9 Å². The zero-order valence-corrected chi connectivity index (χ0v) is 16.6. The minimum Gasteiger partial charge on any atom is -0.466 e. The maximum Gasteiger partial charge on any atom is 0.354 e. The van der Waals surface area contributed by atoms with Crippen LogP contribution < -0.4 is 5.32 Å². The van der Waals surface area contributed by atoms with Crippen molar-refractivity contribution >= 4 is 44.5 Å². The monoisotopic (exact) mass is 437 g/mol. The fourth-order valence-corrected chi connectivity index (χ4v) is 3.39. The van der Waals surface area contributed by atoms with Crippen LogP contribution in [0.1, 0.15) is 25.5 Å². The second kappa shape index (κ2) is 8.53. The third-order valence-corrected chi connectivity index (χ3v) is 4.82. The van der Waals surface area contributed by atoms with Gasteiger partial charge in [0, 0.05) is 17.7 Å². The molecule has 1 saturated heterocycles. The van der Waals surface area contributed by atoms with Crippen molar-refractivity contribution in [3.05, 3.63) is 34.6 Å². The molecule has 0 spiro atoms. The van der Waals surface area contributed by atoms with Gasteiger partial charge in [0.2, 0.25) is 0 Å². The molecule has 0 bridgehead atoms. The number of hydrogen-bond acceptors (Lipinski definition) is 7. The van der Waals surface area contributed by atoms with Crippen LogP contribution in [0.5, 0.6) is 0 Å². The lowest BCUT2D eigenvalue weighted by Gasteiger charge is -2.23. The van der Waals surface area contributed by atoms with E-state index in [0.29, 0.717) is 10.3 Å². The van der Waals surface area contributed by atoms with E-state index in [4.69, 9.17) is 9.47 Å². The molecule has 144 valence electrons. The molecule has 0 saturated carbocycles. The van der Waals surface area contributed by atoms with Gasteiger partial charge in [-0.1, -0.05) is 0 Å². The molecule has 2 aromatic rings. The fraction of sp³-hybridized carbons (Fsp3) is 0.389. The van der Waals surface area contributed by atoms with Crippen molar-refractivity contribution in [2.75, 3.05) is 26.1 Å². The van der Waals surface area contributed by atoms with Crippen LogP contribution in [0.15, 0.2) is 34.6 Å². The number of nitrogens with one attached hydrogen (secondary N) is 1. The maximum absolute atomic E-state index is 11.9. The minimum absolute atomic E-state index is 0.0252. The van der Waals surface area contributed by atoms with Crippen LogP contribution in [0, 0.1) is 0 Å². The number of rotatable bonds is 5. The topological polar surface area (TPSA) is 91.7 Å². The molecule has 1 aromatic carbocycles. The van der Waals surface area contributed by atoms with Crippen molar-refractivity contribution in [3.8, 4) is 0 Å². The lowest BCUT2D eigenvalue weighted by molar-refractivity contribution is -0.138. The summed E-state index contributed by atoms with van der Waals surface area (Å²) in [5.41, 5.74) is 1.49. The summed E-state index contributed by atoms with van der Waals surface area (Å²) in [7, 11) is 2.47. The van der Waals surface area contributed by atoms with Gasteiger partial charge in [-0.05, 0) is 53.4 Å². The van der Waals surface area contributed by atoms with E-state index in [1.807, 2.05) is 16.8 Å². The van der Waals surface area contributed by atoms with Gasteiger partial charge in [0.1, 0.15) is 10.3 Å². The fourth-order valence-electron chi connectivity index (χ4n) is 2.91. The third kappa shape index (κ3) is 4.30. The van der Waals surface area contributed by atoms with Gasteiger partial charge in [-0.25, -0.2) is 14.3 Å². The van der Waals surface area contributed by atoms with Crippen LogP contribution in [0.4, 0.5) is 5.69 Å². The summed E-state index contributed by atoms with van der Waals surface area (Å²) in [5, 5.41) is 8.30. The second-order valence-electron chi connectivity index (χ2n) is 5.99. The molecule has 0 amide bonds. The summed E-state index contributed by atoms with van der Waals surface area (Å²) >= 11 is 3.48. The molecule has 3 rings (SSSR count). The number of ether oxygens (including phenoxy) is 3. The molecule has 0 radical (unpaired) electrons. The number of nitrogens with zero attached hydrogens (tertiary/aromatic N) is 2. The summed E-state index contributed by atoms with van der Waals surface area (Å²) in [6, 6.07) is 5.52. The smallest absolute Gasteiger partial charge is 0.354 e. The van der Waals surface area contributed by atoms with Gasteiger partial charge in [-0.3, -0.25) is 0 Å². The van der Waals surface area contributed by atoms with Crippen molar-refractivity contribution in [2.45, 2.75) is 25.5 Å². The molecule has 1 fully saturated rings. The Balaban J connectivity index is 1.92. The van der Waals surface area contributed by atoms with E-state index in [0.717, 1.165) is 42.8 Å². The largest absolute Gasteiger partial charge is 0.466 e. The van der Waals surface area contributed by atoms with Gasteiger partial charge in [0.05, 0.1) is 25.8 Å². The number of fused-ring (bicyclic) bond motifs is 1. The predicted octanol–water partition coefficient (Wildman–Crippen LogP) is 3.14. The molecule has 1 aromatic heterocycles. The van der Waals surface area contributed by atoms with E-state index < -0.39 is 11.9 Å². The Hall–Kier alpha value is -2.39. The Labute approximate surface area is 164 Å². The normalized spacial score (nSPS) is 17.6.